The average molecular weight is 300 g/mol. The molecule has 1 aliphatic rings. The zero-order valence-corrected chi connectivity index (χ0v) is 13.4. The Morgan fingerprint density at radius 1 is 1.36 bits per heavy atom. The Kier molecular flexibility index (Phi) is 4.43. The maximum atomic E-state index is 12.5. The molecule has 2 aromatic rings. The number of hydrogen-bond donors (Lipinski definition) is 1. The van der Waals surface area contributed by atoms with Crippen LogP contribution in [0.3, 0.4) is 0 Å². The van der Waals surface area contributed by atoms with Crippen LogP contribution in [0.15, 0.2) is 24.4 Å². The molecule has 0 spiro atoms. The van der Waals surface area contributed by atoms with E-state index in [1.807, 2.05) is 41.6 Å². The predicted molar refractivity (Wildman–Crippen MR) is 87.3 cm³/mol. The van der Waals surface area contributed by atoms with Crippen molar-refractivity contribution in [1.82, 2.24) is 19.8 Å². The molecule has 0 aliphatic carbocycles. The number of fused-ring (bicyclic) bond motifs is 1. The molecule has 2 aromatic heterocycles. The van der Waals surface area contributed by atoms with Crippen molar-refractivity contribution >= 4 is 11.4 Å². The maximum absolute atomic E-state index is 12.5. The SMILES string of the molecule is CCN(CC)C(=O)c1cc2c(C3CCNCC3)cccn2n1. The van der Waals surface area contributed by atoms with E-state index in [4.69, 9.17) is 0 Å². The fraction of sp³-hybridized carbons (Fsp3) is 0.529. The Labute approximate surface area is 131 Å². The molecular weight excluding hydrogens is 276 g/mol. The minimum Gasteiger partial charge on any atom is -0.338 e. The third kappa shape index (κ3) is 2.73. The van der Waals surface area contributed by atoms with Crippen LogP contribution in [0.1, 0.15) is 48.7 Å². The molecule has 1 fully saturated rings. The van der Waals surface area contributed by atoms with E-state index in [0.29, 0.717) is 24.7 Å². The number of nitrogens with one attached hydrogen (secondary N) is 1. The Balaban J connectivity index is 1.97. The number of carbonyl (C=O) groups is 1. The summed E-state index contributed by atoms with van der Waals surface area (Å²) in [5, 5.41) is 7.90. The molecule has 5 heteroatoms. The van der Waals surface area contributed by atoms with Crippen LogP contribution >= 0.6 is 0 Å². The minimum atomic E-state index is 0.0185. The molecule has 1 aliphatic heterocycles. The van der Waals surface area contributed by atoms with Gasteiger partial charge in [0.25, 0.3) is 5.91 Å². The van der Waals surface area contributed by atoms with Crippen molar-refractivity contribution in [2.75, 3.05) is 26.2 Å². The van der Waals surface area contributed by atoms with Crippen LogP contribution in [0.2, 0.25) is 0 Å². The van der Waals surface area contributed by atoms with Gasteiger partial charge in [-0.2, -0.15) is 5.10 Å². The summed E-state index contributed by atoms with van der Waals surface area (Å²) in [6.45, 7) is 7.54. The number of nitrogens with zero attached hydrogens (tertiary/aromatic N) is 3. The summed E-state index contributed by atoms with van der Waals surface area (Å²) in [7, 11) is 0. The molecule has 0 saturated carbocycles. The summed E-state index contributed by atoms with van der Waals surface area (Å²) in [5.74, 6) is 0.572. The summed E-state index contributed by atoms with van der Waals surface area (Å²) in [4.78, 5) is 14.3. The molecule has 0 bridgehead atoms. The number of amides is 1. The van der Waals surface area contributed by atoms with Gasteiger partial charge in [-0.1, -0.05) is 6.07 Å². The summed E-state index contributed by atoms with van der Waals surface area (Å²) in [6.07, 6.45) is 4.22. The first-order valence-corrected chi connectivity index (χ1v) is 8.22. The van der Waals surface area contributed by atoms with Crippen molar-refractivity contribution in [2.45, 2.75) is 32.6 Å². The number of carbonyl (C=O) groups excluding carboxylic acids is 1. The van der Waals surface area contributed by atoms with Gasteiger partial charge in [0.1, 0.15) is 0 Å². The van der Waals surface area contributed by atoms with E-state index in [9.17, 15) is 4.79 Å². The molecule has 5 nitrogen and oxygen atoms in total. The molecule has 0 unspecified atom stereocenters. The van der Waals surface area contributed by atoms with Crippen molar-refractivity contribution in [3.63, 3.8) is 0 Å². The lowest BCUT2D eigenvalue weighted by Crippen LogP contribution is -2.30. The van der Waals surface area contributed by atoms with Gasteiger partial charge in [-0.15, -0.1) is 0 Å². The lowest BCUT2D eigenvalue weighted by Gasteiger charge is -2.23. The van der Waals surface area contributed by atoms with E-state index >= 15 is 0 Å². The predicted octanol–water partition coefficient (Wildman–Crippen LogP) is 2.28. The topological polar surface area (TPSA) is 49.6 Å². The minimum absolute atomic E-state index is 0.0185. The molecule has 1 N–H and O–H groups in total. The lowest BCUT2D eigenvalue weighted by atomic mass is 9.90. The highest BCUT2D eigenvalue weighted by Crippen LogP contribution is 2.29. The normalized spacial score (nSPS) is 16.1. The number of pyridine rings is 1. The van der Waals surface area contributed by atoms with Gasteiger partial charge in [0.2, 0.25) is 0 Å². The number of rotatable bonds is 4. The molecule has 1 saturated heterocycles. The van der Waals surface area contributed by atoms with Gasteiger partial charge in [-0.25, -0.2) is 4.52 Å². The van der Waals surface area contributed by atoms with Crippen molar-refractivity contribution < 1.29 is 4.79 Å². The van der Waals surface area contributed by atoms with Crippen LogP contribution in [-0.4, -0.2) is 46.6 Å². The second-order valence-corrected chi connectivity index (χ2v) is 5.82. The number of aromatic nitrogens is 2. The largest absolute Gasteiger partial charge is 0.338 e. The highest BCUT2D eigenvalue weighted by Gasteiger charge is 2.21. The van der Waals surface area contributed by atoms with Crippen molar-refractivity contribution in [2.24, 2.45) is 0 Å². The van der Waals surface area contributed by atoms with Gasteiger partial charge < -0.3 is 10.2 Å². The first-order valence-electron chi connectivity index (χ1n) is 8.22. The summed E-state index contributed by atoms with van der Waals surface area (Å²) in [6, 6.07) is 6.17. The number of hydrogen-bond acceptors (Lipinski definition) is 3. The Hall–Kier alpha value is -1.88. The van der Waals surface area contributed by atoms with Gasteiger partial charge >= 0.3 is 0 Å². The highest BCUT2D eigenvalue weighted by atomic mass is 16.2. The average Bonchev–Trinajstić information content (AvgIpc) is 3.00. The van der Waals surface area contributed by atoms with E-state index in [0.717, 1.165) is 31.4 Å². The van der Waals surface area contributed by atoms with Gasteiger partial charge in [-0.05, 0) is 63.4 Å². The second kappa shape index (κ2) is 6.48. The summed E-state index contributed by atoms with van der Waals surface area (Å²) >= 11 is 0. The lowest BCUT2D eigenvalue weighted by molar-refractivity contribution is 0.0767. The summed E-state index contributed by atoms with van der Waals surface area (Å²) < 4.78 is 1.86. The van der Waals surface area contributed by atoms with Crippen LogP contribution in [0.25, 0.3) is 5.52 Å². The molecule has 1 amide bonds. The van der Waals surface area contributed by atoms with Crippen molar-refractivity contribution in [1.29, 1.82) is 0 Å². The second-order valence-electron chi connectivity index (χ2n) is 5.82. The van der Waals surface area contributed by atoms with Gasteiger partial charge in [0.15, 0.2) is 5.69 Å². The Bertz CT molecular complexity index is 654. The third-order valence-electron chi connectivity index (χ3n) is 4.58. The van der Waals surface area contributed by atoms with Crippen LogP contribution in [0, 0.1) is 0 Å². The zero-order chi connectivity index (χ0) is 15.5. The fourth-order valence-electron chi connectivity index (χ4n) is 3.29. The van der Waals surface area contributed by atoms with Gasteiger partial charge in [0, 0.05) is 19.3 Å². The van der Waals surface area contributed by atoms with E-state index in [2.05, 4.69) is 16.5 Å². The van der Waals surface area contributed by atoms with Gasteiger partial charge in [0.05, 0.1) is 5.52 Å². The quantitative estimate of drug-likeness (QED) is 0.942. The highest BCUT2D eigenvalue weighted by molar-refractivity contribution is 5.93. The smallest absolute Gasteiger partial charge is 0.274 e. The molecule has 22 heavy (non-hydrogen) atoms. The van der Waals surface area contributed by atoms with Gasteiger partial charge in [-0.3, -0.25) is 4.79 Å². The summed E-state index contributed by atoms with van der Waals surface area (Å²) in [5.41, 5.74) is 2.94. The van der Waals surface area contributed by atoms with Crippen LogP contribution < -0.4 is 5.32 Å². The standard InChI is InChI=1S/C17H24N4O/c1-3-20(4-2)17(22)15-12-16-14(6-5-11-21(16)19-15)13-7-9-18-10-8-13/h5-6,11-13,18H,3-4,7-10H2,1-2H3. The Morgan fingerprint density at radius 2 is 2.09 bits per heavy atom. The molecular formula is C17H24N4O. The van der Waals surface area contributed by atoms with E-state index < -0.39 is 0 Å². The monoisotopic (exact) mass is 300 g/mol. The zero-order valence-electron chi connectivity index (χ0n) is 13.4. The van der Waals surface area contributed by atoms with E-state index in [1.165, 1.54) is 5.56 Å². The Morgan fingerprint density at radius 3 is 2.77 bits per heavy atom. The molecule has 0 radical (unpaired) electrons. The van der Waals surface area contributed by atoms with Crippen molar-refractivity contribution in [3.05, 3.63) is 35.7 Å². The molecule has 3 heterocycles. The maximum Gasteiger partial charge on any atom is 0.274 e. The van der Waals surface area contributed by atoms with Crippen molar-refractivity contribution in [3.8, 4) is 0 Å². The first kappa shape index (κ1) is 15.0. The fourth-order valence-corrected chi connectivity index (χ4v) is 3.29. The third-order valence-corrected chi connectivity index (χ3v) is 4.58. The number of piperidine rings is 1. The molecule has 0 atom stereocenters. The van der Waals surface area contributed by atoms with Crippen LogP contribution in [0.4, 0.5) is 0 Å². The van der Waals surface area contributed by atoms with E-state index in [1.54, 1.807) is 0 Å². The van der Waals surface area contributed by atoms with Crippen LogP contribution in [-0.2, 0) is 0 Å². The molecule has 3 rings (SSSR count). The first-order chi connectivity index (χ1) is 10.7. The van der Waals surface area contributed by atoms with E-state index in [-0.39, 0.29) is 5.91 Å². The molecule has 0 aromatic carbocycles. The molecule has 118 valence electrons. The van der Waals surface area contributed by atoms with Crippen LogP contribution in [0.5, 0.6) is 0 Å².